The molecule has 1 atom stereocenters. The van der Waals surface area contributed by atoms with Crippen LogP contribution in [0.4, 0.5) is 0 Å². The van der Waals surface area contributed by atoms with E-state index in [4.69, 9.17) is 4.74 Å². The van der Waals surface area contributed by atoms with Crippen molar-refractivity contribution in [3.8, 4) is 0 Å². The fourth-order valence-electron chi connectivity index (χ4n) is 1.84. The molecule has 0 amide bonds. The second-order valence-electron chi connectivity index (χ2n) is 4.41. The van der Waals surface area contributed by atoms with Crippen molar-refractivity contribution in [2.75, 3.05) is 32.0 Å². The fourth-order valence-corrected chi connectivity index (χ4v) is 3.12. The largest absolute Gasteiger partial charge is 0.377 e. The van der Waals surface area contributed by atoms with Crippen LogP contribution in [-0.4, -0.2) is 46.5 Å². The Balaban J connectivity index is 2.16. The van der Waals surface area contributed by atoms with Crippen molar-refractivity contribution in [3.05, 3.63) is 0 Å². The van der Waals surface area contributed by atoms with E-state index in [1.54, 1.807) is 0 Å². The van der Waals surface area contributed by atoms with Crippen molar-refractivity contribution < 1.29 is 13.2 Å². The van der Waals surface area contributed by atoms with Crippen LogP contribution >= 0.6 is 0 Å². The SMILES string of the molecule is CCCNCCNS(=O)(=O)CC1CCCCO1. The van der Waals surface area contributed by atoms with E-state index >= 15 is 0 Å². The summed E-state index contributed by atoms with van der Waals surface area (Å²) in [5, 5.41) is 3.15. The molecule has 2 N–H and O–H groups in total. The predicted molar refractivity (Wildman–Crippen MR) is 68.5 cm³/mol. The lowest BCUT2D eigenvalue weighted by molar-refractivity contribution is 0.0304. The first kappa shape index (κ1) is 14.9. The van der Waals surface area contributed by atoms with Crippen molar-refractivity contribution >= 4 is 10.0 Å². The summed E-state index contributed by atoms with van der Waals surface area (Å²) in [6.45, 7) is 4.83. The molecule has 1 heterocycles. The third-order valence-electron chi connectivity index (χ3n) is 2.73. The number of hydrogen-bond donors (Lipinski definition) is 2. The quantitative estimate of drug-likeness (QED) is 0.626. The van der Waals surface area contributed by atoms with Crippen LogP contribution < -0.4 is 10.0 Å². The molecular weight excluding hydrogens is 240 g/mol. The molecule has 1 unspecified atom stereocenters. The highest BCUT2D eigenvalue weighted by atomic mass is 32.2. The number of rotatable bonds is 8. The zero-order valence-corrected chi connectivity index (χ0v) is 11.4. The summed E-state index contributed by atoms with van der Waals surface area (Å²) in [5.41, 5.74) is 0. The molecule has 0 aromatic rings. The molecule has 0 bridgehead atoms. The highest BCUT2D eigenvalue weighted by Gasteiger charge is 2.21. The summed E-state index contributed by atoms with van der Waals surface area (Å²) < 4.78 is 31.4. The minimum atomic E-state index is -3.18. The fraction of sp³-hybridized carbons (Fsp3) is 1.00. The third kappa shape index (κ3) is 6.98. The molecule has 5 nitrogen and oxygen atoms in total. The standard InChI is InChI=1S/C11H24N2O3S/c1-2-6-12-7-8-13-17(14,15)10-11-5-3-4-9-16-11/h11-13H,2-10H2,1H3. The van der Waals surface area contributed by atoms with Gasteiger partial charge in [0.15, 0.2) is 0 Å². The first-order chi connectivity index (χ1) is 8.14. The molecular formula is C11H24N2O3S. The average Bonchev–Trinajstić information content (AvgIpc) is 2.29. The van der Waals surface area contributed by atoms with Gasteiger partial charge >= 0.3 is 0 Å². The molecule has 0 spiro atoms. The summed E-state index contributed by atoms with van der Waals surface area (Å²) >= 11 is 0. The zero-order valence-electron chi connectivity index (χ0n) is 10.6. The van der Waals surface area contributed by atoms with Crippen LogP contribution in [0.2, 0.25) is 0 Å². The van der Waals surface area contributed by atoms with Gasteiger partial charge in [-0.25, -0.2) is 13.1 Å². The highest BCUT2D eigenvalue weighted by molar-refractivity contribution is 7.89. The van der Waals surface area contributed by atoms with Crippen LogP contribution in [0.3, 0.4) is 0 Å². The van der Waals surface area contributed by atoms with Crippen LogP contribution in [0.5, 0.6) is 0 Å². The van der Waals surface area contributed by atoms with E-state index in [0.717, 1.165) is 32.2 Å². The van der Waals surface area contributed by atoms with Gasteiger partial charge in [-0.05, 0) is 32.2 Å². The number of sulfonamides is 1. The molecule has 1 aliphatic rings. The summed E-state index contributed by atoms with van der Waals surface area (Å²) in [7, 11) is -3.18. The summed E-state index contributed by atoms with van der Waals surface area (Å²) in [4.78, 5) is 0. The molecule has 1 fully saturated rings. The van der Waals surface area contributed by atoms with E-state index in [2.05, 4.69) is 17.0 Å². The lowest BCUT2D eigenvalue weighted by Gasteiger charge is -2.22. The maximum Gasteiger partial charge on any atom is 0.214 e. The molecule has 1 rings (SSSR count). The summed E-state index contributed by atoms with van der Waals surface area (Å²) in [6.07, 6.45) is 3.91. The Hall–Kier alpha value is -0.170. The topological polar surface area (TPSA) is 67.4 Å². The minimum absolute atomic E-state index is 0.0980. The van der Waals surface area contributed by atoms with E-state index < -0.39 is 10.0 Å². The summed E-state index contributed by atoms with van der Waals surface area (Å²) in [6, 6.07) is 0. The first-order valence-corrected chi connectivity index (χ1v) is 8.09. The van der Waals surface area contributed by atoms with Gasteiger partial charge in [-0.1, -0.05) is 6.92 Å². The van der Waals surface area contributed by atoms with Crippen molar-refractivity contribution in [2.24, 2.45) is 0 Å². The molecule has 1 saturated heterocycles. The smallest absolute Gasteiger partial charge is 0.214 e. The Bertz CT molecular complexity index is 287. The maximum atomic E-state index is 11.7. The summed E-state index contributed by atoms with van der Waals surface area (Å²) in [5.74, 6) is 0.0980. The van der Waals surface area contributed by atoms with Gasteiger partial charge in [-0.3, -0.25) is 0 Å². The molecule has 0 aromatic heterocycles. The van der Waals surface area contributed by atoms with Crippen LogP contribution in [0.25, 0.3) is 0 Å². The molecule has 0 aliphatic carbocycles. The lowest BCUT2D eigenvalue weighted by Crippen LogP contribution is -2.38. The first-order valence-electron chi connectivity index (χ1n) is 6.43. The Labute approximate surface area is 104 Å². The van der Waals surface area contributed by atoms with Crippen molar-refractivity contribution in [1.82, 2.24) is 10.0 Å². The molecule has 6 heteroatoms. The van der Waals surface area contributed by atoms with Crippen LogP contribution in [0.1, 0.15) is 32.6 Å². The maximum absolute atomic E-state index is 11.7. The molecule has 0 aromatic carbocycles. The van der Waals surface area contributed by atoms with Gasteiger partial charge < -0.3 is 10.1 Å². The van der Waals surface area contributed by atoms with Gasteiger partial charge in [0.05, 0.1) is 11.9 Å². The van der Waals surface area contributed by atoms with Crippen LogP contribution in [0.15, 0.2) is 0 Å². The van der Waals surface area contributed by atoms with Crippen molar-refractivity contribution in [3.63, 3.8) is 0 Å². The van der Waals surface area contributed by atoms with Crippen LogP contribution in [-0.2, 0) is 14.8 Å². The Kier molecular flexibility index (Phi) is 7.03. The number of nitrogens with one attached hydrogen (secondary N) is 2. The number of hydrogen-bond acceptors (Lipinski definition) is 4. The minimum Gasteiger partial charge on any atom is -0.377 e. The van der Waals surface area contributed by atoms with Gasteiger partial charge in [0.1, 0.15) is 0 Å². The lowest BCUT2D eigenvalue weighted by atomic mass is 10.1. The van der Waals surface area contributed by atoms with Gasteiger partial charge in [0, 0.05) is 19.7 Å². The molecule has 102 valence electrons. The molecule has 1 aliphatic heterocycles. The van der Waals surface area contributed by atoms with Crippen molar-refractivity contribution in [1.29, 1.82) is 0 Å². The Morgan fingerprint density at radius 2 is 2.06 bits per heavy atom. The monoisotopic (exact) mass is 264 g/mol. The highest BCUT2D eigenvalue weighted by Crippen LogP contribution is 2.13. The van der Waals surface area contributed by atoms with E-state index in [1.165, 1.54) is 0 Å². The third-order valence-corrected chi connectivity index (χ3v) is 4.18. The normalized spacial score (nSPS) is 21.6. The van der Waals surface area contributed by atoms with E-state index in [1.807, 2.05) is 0 Å². The van der Waals surface area contributed by atoms with E-state index in [-0.39, 0.29) is 11.9 Å². The molecule has 0 radical (unpaired) electrons. The average molecular weight is 264 g/mol. The number of ether oxygens (including phenoxy) is 1. The van der Waals surface area contributed by atoms with E-state index in [9.17, 15) is 8.42 Å². The van der Waals surface area contributed by atoms with Gasteiger partial charge in [-0.2, -0.15) is 0 Å². The molecule has 17 heavy (non-hydrogen) atoms. The van der Waals surface area contributed by atoms with Gasteiger partial charge in [0.25, 0.3) is 0 Å². The van der Waals surface area contributed by atoms with Crippen LogP contribution in [0, 0.1) is 0 Å². The zero-order chi connectivity index (χ0) is 12.6. The second kappa shape index (κ2) is 8.02. The van der Waals surface area contributed by atoms with Gasteiger partial charge in [-0.15, -0.1) is 0 Å². The second-order valence-corrected chi connectivity index (χ2v) is 6.27. The Morgan fingerprint density at radius 3 is 2.71 bits per heavy atom. The van der Waals surface area contributed by atoms with Crippen molar-refractivity contribution in [2.45, 2.75) is 38.7 Å². The predicted octanol–water partition coefficient (Wildman–Crippen LogP) is 0.475. The Morgan fingerprint density at radius 1 is 1.24 bits per heavy atom. The van der Waals surface area contributed by atoms with Gasteiger partial charge in [0.2, 0.25) is 10.0 Å². The molecule has 0 saturated carbocycles. The van der Waals surface area contributed by atoms with E-state index in [0.29, 0.717) is 19.7 Å².